The molecule has 0 heterocycles. The fourth-order valence-corrected chi connectivity index (χ4v) is 2.53. The molecule has 0 spiro atoms. The molecule has 0 bridgehead atoms. The molecule has 0 saturated heterocycles. The van der Waals surface area contributed by atoms with E-state index in [4.69, 9.17) is 0 Å². The Bertz CT molecular complexity index is 768. The summed E-state index contributed by atoms with van der Waals surface area (Å²) in [6, 6.07) is 13.0. The molecule has 0 atom stereocenters. The number of hydrogen-bond acceptors (Lipinski definition) is 2. The second-order valence-corrected chi connectivity index (χ2v) is 6.82. The molecule has 2 aromatic carbocycles. The minimum atomic E-state index is -0.540. The summed E-state index contributed by atoms with van der Waals surface area (Å²) in [7, 11) is 3.35. The van der Waals surface area contributed by atoms with Gasteiger partial charge in [0, 0.05) is 37.2 Å². The standard InChI is InChI=1S/C20H23FN2O2/c1-20(2,16-7-5-6-8-17(16)21)13-22-18(24)14-9-11-15(12-10-14)19(25)23(3)4/h5-12H,13H2,1-4H3,(H,22,24). The third kappa shape index (κ3) is 4.44. The summed E-state index contributed by atoms with van der Waals surface area (Å²) in [5.41, 5.74) is 0.997. The lowest BCUT2D eigenvalue weighted by molar-refractivity contribution is 0.0826. The molecular weight excluding hydrogens is 319 g/mol. The van der Waals surface area contributed by atoms with Crippen molar-refractivity contribution in [3.05, 3.63) is 71.0 Å². The Hall–Kier alpha value is -2.69. The molecule has 25 heavy (non-hydrogen) atoms. The summed E-state index contributed by atoms with van der Waals surface area (Å²) < 4.78 is 14.0. The quantitative estimate of drug-likeness (QED) is 0.907. The van der Waals surface area contributed by atoms with Gasteiger partial charge in [-0.2, -0.15) is 0 Å². The highest BCUT2D eigenvalue weighted by atomic mass is 19.1. The lowest BCUT2D eigenvalue weighted by atomic mass is 9.84. The van der Waals surface area contributed by atoms with Gasteiger partial charge < -0.3 is 10.2 Å². The van der Waals surface area contributed by atoms with Crippen molar-refractivity contribution in [2.45, 2.75) is 19.3 Å². The fourth-order valence-electron chi connectivity index (χ4n) is 2.53. The van der Waals surface area contributed by atoms with Gasteiger partial charge in [-0.25, -0.2) is 4.39 Å². The zero-order valence-corrected chi connectivity index (χ0v) is 15.0. The number of benzene rings is 2. The van der Waals surface area contributed by atoms with Crippen molar-refractivity contribution in [3.63, 3.8) is 0 Å². The van der Waals surface area contributed by atoms with Crippen LogP contribution < -0.4 is 5.32 Å². The minimum Gasteiger partial charge on any atom is -0.351 e. The van der Waals surface area contributed by atoms with Gasteiger partial charge in [-0.15, -0.1) is 0 Å². The summed E-state index contributed by atoms with van der Waals surface area (Å²) >= 11 is 0. The first kappa shape index (κ1) is 18.6. The van der Waals surface area contributed by atoms with E-state index in [1.807, 2.05) is 13.8 Å². The number of carbonyl (C=O) groups excluding carboxylic acids is 2. The van der Waals surface area contributed by atoms with Gasteiger partial charge in [0.1, 0.15) is 5.82 Å². The van der Waals surface area contributed by atoms with Gasteiger partial charge in [0.25, 0.3) is 11.8 Å². The van der Waals surface area contributed by atoms with E-state index in [0.29, 0.717) is 23.2 Å². The van der Waals surface area contributed by atoms with Crippen molar-refractivity contribution in [2.24, 2.45) is 0 Å². The number of halogens is 1. The van der Waals surface area contributed by atoms with Crippen molar-refractivity contribution < 1.29 is 14.0 Å². The minimum absolute atomic E-state index is 0.118. The summed E-state index contributed by atoms with van der Waals surface area (Å²) in [5, 5.41) is 2.84. The Kier molecular flexibility index (Phi) is 5.57. The molecule has 4 nitrogen and oxygen atoms in total. The maximum Gasteiger partial charge on any atom is 0.253 e. The van der Waals surface area contributed by atoms with Gasteiger partial charge in [0.15, 0.2) is 0 Å². The molecule has 0 unspecified atom stereocenters. The van der Waals surface area contributed by atoms with Crippen molar-refractivity contribution >= 4 is 11.8 Å². The lowest BCUT2D eigenvalue weighted by Gasteiger charge is -2.26. The van der Waals surface area contributed by atoms with E-state index in [2.05, 4.69) is 5.32 Å². The first-order valence-electron chi connectivity index (χ1n) is 8.07. The maximum atomic E-state index is 14.0. The van der Waals surface area contributed by atoms with Gasteiger partial charge in [-0.1, -0.05) is 32.0 Å². The predicted molar refractivity (Wildman–Crippen MR) is 96.2 cm³/mol. The van der Waals surface area contributed by atoms with Crippen LogP contribution in [0.5, 0.6) is 0 Å². The molecule has 0 radical (unpaired) electrons. The van der Waals surface area contributed by atoms with E-state index in [1.54, 1.807) is 56.6 Å². The van der Waals surface area contributed by atoms with E-state index in [-0.39, 0.29) is 17.6 Å². The molecule has 132 valence electrons. The lowest BCUT2D eigenvalue weighted by Crippen LogP contribution is -2.37. The average molecular weight is 342 g/mol. The van der Waals surface area contributed by atoms with Gasteiger partial charge in [0.2, 0.25) is 0 Å². The average Bonchev–Trinajstić information content (AvgIpc) is 2.59. The van der Waals surface area contributed by atoms with Crippen molar-refractivity contribution in [3.8, 4) is 0 Å². The van der Waals surface area contributed by atoms with Crippen LogP contribution in [0.15, 0.2) is 48.5 Å². The topological polar surface area (TPSA) is 49.4 Å². The monoisotopic (exact) mass is 342 g/mol. The smallest absolute Gasteiger partial charge is 0.253 e. The van der Waals surface area contributed by atoms with Gasteiger partial charge >= 0.3 is 0 Å². The van der Waals surface area contributed by atoms with Crippen LogP contribution in [0.2, 0.25) is 0 Å². The molecule has 0 aliphatic carbocycles. The maximum absolute atomic E-state index is 14.0. The molecule has 2 aromatic rings. The second-order valence-electron chi connectivity index (χ2n) is 6.82. The summed E-state index contributed by atoms with van der Waals surface area (Å²) in [4.78, 5) is 25.7. The normalized spacial score (nSPS) is 11.1. The number of hydrogen-bond donors (Lipinski definition) is 1. The molecule has 5 heteroatoms. The highest BCUT2D eigenvalue weighted by Crippen LogP contribution is 2.24. The van der Waals surface area contributed by atoms with Gasteiger partial charge in [0.05, 0.1) is 0 Å². The van der Waals surface area contributed by atoms with Gasteiger partial charge in [-0.05, 0) is 35.9 Å². The number of nitrogens with one attached hydrogen (secondary N) is 1. The fraction of sp³-hybridized carbons (Fsp3) is 0.300. The summed E-state index contributed by atoms with van der Waals surface area (Å²) in [6.45, 7) is 4.06. The van der Waals surface area contributed by atoms with Crippen molar-refractivity contribution in [1.82, 2.24) is 10.2 Å². The Labute approximate surface area is 147 Å². The van der Waals surface area contributed by atoms with Crippen LogP contribution in [0.4, 0.5) is 4.39 Å². The van der Waals surface area contributed by atoms with Crippen LogP contribution in [-0.4, -0.2) is 37.4 Å². The Morgan fingerprint density at radius 3 is 2.12 bits per heavy atom. The molecule has 1 N–H and O–H groups in total. The number of nitrogens with zero attached hydrogens (tertiary/aromatic N) is 1. The molecule has 0 aliphatic heterocycles. The van der Waals surface area contributed by atoms with Crippen LogP contribution in [0.3, 0.4) is 0 Å². The highest BCUT2D eigenvalue weighted by molar-refractivity contribution is 5.97. The Morgan fingerprint density at radius 1 is 1.00 bits per heavy atom. The zero-order valence-electron chi connectivity index (χ0n) is 15.0. The van der Waals surface area contributed by atoms with E-state index < -0.39 is 5.41 Å². The molecule has 2 amide bonds. The number of carbonyl (C=O) groups is 2. The molecule has 0 aromatic heterocycles. The predicted octanol–water partition coefficient (Wildman–Crippen LogP) is 3.24. The highest BCUT2D eigenvalue weighted by Gasteiger charge is 2.24. The Balaban J connectivity index is 2.05. The number of amides is 2. The van der Waals surface area contributed by atoms with E-state index in [1.165, 1.54) is 11.0 Å². The largest absolute Gasteiger partial charge is 0.351 e. The SMILES string of the molecule is CN(C)C(=O)c1ccc(C(=O)NCC(C)(C)c2ccccc2F)cc1. The number of rotatable bonds is 5. The Morgan fingerprint density at radius 2 is 1.56 bits per heavy atom. The molecular formula is C20H23FN2O2. The van der Waals surface area contributed by atoms with E-state index in [9.17, 15) is 14.0 Å². The summed E-state index contributed by atoms with van der Waals surface area (Å²) in [5.74, 6) is -0.658. The van der Waals surface area contributed by atoms with Crippen LogP contribution in [0.25, 0.3) is 0 Å². The van der Waals surface area contributed by atoms with E-state index in [0.717, 1.165) is 0 Å². The first-order valence-corrected chi connectivity index (χ1v) is 8.07. The summed E-state index contributed by atoms with van der Waals surface area (Å²) in [6.07, 6.45) is 0. The molecule has 2 rings (SSSR count). The molecule has 0 saturated carbocycles. The third-order valence-corrected chi connectivity index (χ3v) is 4.09. The zero-order chi connectivity index (χ0) is 18.6. The second kappa shape index (κ2) is 7.47. The van der Waals surface area contributed by atoms with Crippen molar-refractivity contribution in [2.75, 3.05) is 20.6 Å². The van der Waals surface area contributed by atoms with Crippen LogP contribution in [0.1, 0.15) is 40.1 Å². The third-order valence-electron chi connectivity index (χ3n) is 4.09. The molecule has 0 fully saturated rings. The van der Waals surface area contributed by atoms with E-state index >= 15 is 0 Å². The van der Waals surface area contributed by atoms with Crippen LogP contribution >= 0.6 is 0 Å². The van der Waals surface area contributed by atoms with Crippen LogP contribution in [0, 0.1) is 5.82 Å². The van der Waals surface area contributed by atoms with Crippen molar-refractivity contribution in [1.29, 1.82) is 0 Å². The molecule has 0 aliphatic rings. The van der Waals surface area contributed by atoms with Crippen LogP contribution in [-0.2, 0) is 5.41 Å². The van der Waals surface area contributed by atoms with Gasteiger partial charge in [-0.3, -0.25) is 9.59 Å². The first-order chi connectivity index (χ1) is 11.7.